The van der Waals surface area contributed by atoms with Crippen LogP contribution >= 0.6 is 23.4 Å². The molecule has 2 atom stereocenters. The van der Waals surface area contributed by atoms with Gasteiger partial charge in [0.25, 0.3) is 0 Å². The predicted molar refractivity (Wildman–Crippen MR) is 75.3 cm³/mol. The number of rotatable bonds is 1. The predicted octanol–water partition coefficient (Wildman–Crippen LogP) is 2.41. The standard InChI is InChI=1S/C13H16ClN3OS/c14-12-9-6-19-7-10(9)15-13(16-12)11-4-17-3-1-2-8(17)5-18-11/h8,11H,1-7H2. The average Bonchev–Trinajstić information content (AvgIpc) is 3.06. The molecule has 4 rings (SSSR count). The summed E-state index contributed by atoms with van der Waals surface area (Å²) < 4.78 is 5.96. The summed E-state index contributed by atoms with van der Waals surface area (Å²) in [6, 6.07) is 0.608. The van der Waals surface area contributed by atoms with Gasteiger partial charge in [-0.25, -0.2) is 9.97 Å². The number of hydrogen-bond acceptors (Lipinski definition) is 5. The third kappa shape index (κ3) is 2.17. The highest BCUT2D eigenvalue weighted by molar-refractivity contribution is 7.98. The Morgan fingerprint density at radius 3 is 3.21 bits per heavy atom. The van der Waals surface area contributed by atoms with Crippen LogP contribution in [-0.4, -0.2) is 40.6 Å². The fraction of sp³-hybridized carbons (Fsp3) is 0.692. The van der Waals surface area contributed by atoms with Crippen LogP contribution in [-0.2, 0) is 16.2 Å². The normalized spacial score (nSPS) is 30.4. The van der Waals surface area contributed by atoms with Crippen LogP contribution in [0.2, 0.25) is 5.15 Å². The topological polar surface area (TPSA) is 38.2 Å². The molecule has 102 valence electrons. The van der Waals surface area contributed by atoms with E-state index in [1.54, 1.807) is 0 Å². The fourth-order valence-corrected chi connectivity index (χ4v) is 4.53. The maximum atomic E-state index is 6.27. The van der Waals surface area contributed by atoms with Crippen LogP contribution in [0.4, 0.5) is 0 Å². The van der Waals surface area contributed by atoms with E-state index in [2.05, 4.69) is 14.9 Å². The molecular weight excluding hydrogens is 282 g/mol. The summed E-state index contributed by atoms with van der Waals surface area (Å²) in [7, 11) is 0. The van der Waals surface area contributed by atoms with E-state index in [1.807, 2.05) is 11.8 Å². The summed E-state index contributed by atoms with van der Waals surface area (Å²) in [6.45, 7) is 2.89. The molecule has 0 radical (unpaired) electrons. The minimum absolute atomic E-state index is 0.0113. The molecule has 1 aromatic rings. The largest absolute Gasteiger partial charge is 0.367 e. The summed E-state index contributed by atoms with van der Waals surface area (Å²) in [5.74, 6) is 2.66. The molecule has 19 heavy (non-hydrogen) atoms. The number of nitrogens with zero attached hydrogens (tertiary/aromatic N) is 3. The molecule has 2 saturated heterocycles. The van der Waals surface area contributed by atoms with Crippen LogP contribution < -0.4 is 0 Å². The van der Waals surface area contributed by atoms with E-state index in [0.717, 1.165) is 41.7 Å². The van der Waals surface area contributed by atoms with Crippen LogP contribution in [0.1, 0.15) is 36.0 Å². The van der Waals surface area contributed by atoms with Gasteiger partial charge < -0.3 is 4.74 Å². The Hall–Kier alpha value is -0.360. The molecule has 4 heterocycles. The fourth-order valence-electron chi connectivity index (χ4n) is 3.15. The lowest BCUT2D eigenvalue weighted by Gasteiger charge is -2.34. The van der Waals surface area contributed by atoms with Gasteiger partial charge in [-0.2, -0.15) is 11.8 Å². The number of morpholine rings is 1. The Kier molecular flexibility index (Phi) is 3.18. The second-order valence-electron chi connectivity index (χ2n) is 5.40. The second-order valence-corrected chi connectivity index (χ2v) is 6.75. The Morgan fingerprint density at radius 1 is 1.32 bits per heavy atom. The number of hydrogen-bond donors (Lipinski definition) is 0. The van der Waals surface area contributed by atoms with Crippen molar-refractivity contribution in [3.05, 3.63) is 22.2 Å². The number of aromatic nitrogens is 2. The first-order valence-electron chi connectivity index (χ1n) is 6.80. The Balaban J connectivity index is 1.61. The first-order valence-corrected chi connectivity index (χ1v) is 8.33. The highest BCUT2D eigenvalue weighted by Gasteiger charge is 2.34. The number of thioether (sulfide) groups is 1. The number of ether oxygens (including phenoxy) is 1. The number of halogens is 1. The van der Waals surface area contributed by atoms with Crippen molar-refractivity contribution in [1.82, 2.24) is 14.9 Å². The monoisotopic (exact) mass is 297 g/mol. The molecule has 6 heteroatoms. The maximum absolute atomic E-state index is 6.27. The van der Waals surface area contributed by atoms with E-state index in [9.17, 15) is 0 Å². The summed E-state index contributed by atoms with van der Waals surface area (Å²) in [6.07, 6.45) is 2.53. The Morgan fingerprint density at radius 2 is 2.26 bits per heavy atom. The molecular formula is C13H16ClN3OS. The molecule has 3 aliphatic rings. The quantitative estimate of drug-likeness (QED) is 0.744. The first kappa shape index (κ1) is 12.4. The van der Waals surface area contributed by atoms with E-state index < -0.39 is 0 Å². The highest BCUT2D eigenvalue weighted by atomic mass is 35.5. The van der Waals surface area contributed by atoms with Gasteiger partial charge in [-0.05, 0) is 19.4 Å². The third-order valence-electron chi connectivity index (χ3n) is 4.22. The van der Waals surface area contributed by atoms with Crippen molar-refractivity contribution in [3.8, 4) is 0 Å². The average molecular weight is 298 g/mol. The van der Waals surface area contributed by atoms with Crippen molar-refractivity contribution in [2.75, 3.05) is 19.7 Å². The van der Waals surface area contributed by atoms with Gasteiger partial charge in [0.05, 0.1) is 12.3 Å². The van der Waals surface area contributed by atoms with E-state index in [1.165, 1.54) is 19.4 Å². The SMILES string of the molecule is Clc1nc(C2CN3CCCC3CO2)nc2c1CSC2. The molecule has 0 aromatic carbocycles. The van der Waals surface area contributed by atoms with Crippen LogP contribution in [0, 0.1) is 0 Å². The van der Waals surface area contributed by atoms with Gasteiger partial charge in [0.2, 0.25) is 0 Å². The van der Waals surface area contributed by atoms with Crippen LogP contribution in [0.25, 0.3) is 0 Å². The zero-order valence-electron chi connectivity index (χ0n) is 10.6. The molecule has 0 N–H and O–H groups in total. The van der Waals surface area contributed by atoms with Crippen molar-refractivity contribution in [2.45, 2.75) is 36.5 Å². The van der Waals surface area contributed by atoms with E-state index in [0.29, 0.717) is 11.2 Å². The zero-order chi connectivity index (χ0) is 12.8. The zero-order valence-corrected chi connectivity index (χ0v) is 12.2. The summed E-state index contributed by atoms with van der Waals surface area (Å²) >= 11 is 8.12. The highest BCUT2D eigenvalue weighted by Crippen LogP contribution is 2.35. The molecule has 0 bridgehead atoms. The molecule has 0 saturated carbocycles. The van der Waals surface area contributed by atoms with Crippen molar-refractivity contribution in [2.24, 2.45) is 0 Å². The van der Waals surface area contributed by atoms with Crippen LogP contribution in [0.15, 0.2) is 0 Å². The summed E-state index contributed by atoms with van der Waals surface area (Å²) in [5.41, 5.74) is 2.22. The Labute approximate surface area is 121 Å². The molecule has 2 unspecified atom stereocenters. The smallest absolute Gasteiger partial charge is 0.160 e. The molecule has 1 aromatic heterocycles. The van der Waals surface area contributed by atoms with Gasteiger partial charge in [0.1, 0.15) is 11.3 Å². The maximum Gasteiger partial charge on any atom is 0.160 e. The molecule has 2 fully saturated rings. The third-order valence-corrected chi connectivity index (χ3v) is 5.50. The van der Waals surface area contributed by atoms with Crippen LogP contribution in [0.3, 0.4) is 0 Å². The Bertz CT molecular complexity index is 513. The lowest BCUT2D eigenvalue weighted by molar-refractivity contribution is -0.0542. The van der Waals surface area contributed by atoms with Gasteiger partial charge in [-0.15, -0.1) is 0 Å². The summed E-state index contributed by atoms with van der Waals surface area (Å²) in [5, 5.41) is 0.622. The summed E-state index contributed by atoms with van der Waals surface area (Å²) in [4.78, 5) is 11.7. The van der Waals surface area contributed by atoms with Crippen molar-refractivity contribution in [1.29, 1.82) is 0 Å². The van der Waals surface area contributed by atoms with Gasteiger partial charge in [-0.3, -0.25) is 4.90 Å². The van der Waals surface area contributed by atoms with E-state index in [-0.39, 0.29) is 6.10 Å². The minimum Gasteiger partial charge on any atom is -0.367 e. The van der Waals surface area contributed by atoms with E-state index >= 15 is 0 Å². The van der Waals surface area contributed by atoms with Gasteiger partial charge in [-0.1, -0.05) is 11.6 Å². The molecule has 0 aliphatic carbocycles. The minimum atomic E-state index is -0.0113. The first-order chi connectivity index (χ1) is 9.31. The molecule has 0 spiro atoms. The van der Waals surface area contributed by atoms with Crippen molar-refractivity contribution in [3.63, 3.8) is 0 Å². The molecule has 3 aliphatic heterocycles. The van der Waals surface area contributed by atoms with E-state index in [4.69, 9.17) is 16.3 Å². The van der Waals surface area contributed by atoms with Crippen molar-refractivity contribution < 1.29 is 4.74 Å². The molecule has 4 nitrogen and oxygen atoms in total. The lowest BCUT2D eigenvalue weighted by atomic mass is 10.1. The van der Waals surface area contributed by atoms with Crippen molar-refractivity contribution >= 4 is 23.4 Å². The van der Waals surface area contributed by atoms with Gasteiger partial charge in [0.15, 0.2) is 5.82 Å². The molecule has 0 amide bonds. The number of fused-ring (bicyclic) bond motifs is 2. The second kappa shape index (κ2) is 4.88. The van der Waals surface area contributed by atoms with Crippen LogP contribution in [0.5, 0.6) is 0 Å². The van der Waals surface area contributed by atoms with Gasteiger partial charge in [0, 0.05) is 29.7 Å². The lowest BCUT2D eigenvalue weighted by Crippen LogP contribution is -2.42. The van der Waals surface area contributed by atoms with Gasteiger partial charge >= 0.3 is 0 Å².